The highest BCUT2D eigenvalue weighted by atomic mass is 32.2. The summed E-state index contributed by atoms with van der Waals surface area (Å²) in [6.45, 7) is 4.36. The Kier molecular flexibility index (Phi) is 5.38. The minimum atomic E-state index is -0.305. The van der Waals surface area contributed by atoms with Gasteiger partial charge in [0.1, 0.15) is 16.4 Å². The summed E-state index contributed by atoms with van der Waals surface area (Å²) in [5.74, 6) is -0.0523. The molecule has 0 amide bonds. The number of aromatic nitrogens is 2. The van der Waals surface area contributed by atoms with Crippen molar-refractivity contribution in [3.8, 4) is 11.1 Å². The van der Waals surface area contributed by atoms with Crippen LogP contribution in [0.15, 0.2) is 34.2 Å². The molecule has 4 nitrogen and oxygen atoms in total. The minimum absolute atomic E-state index is 0.0954. The van der Waals surface area contributed by atoms with E-state index < -0.39 is 0 Å². The lowest BCUT2D eigenvalue weighted by atomic mass is 9.99. The third-order valence-electron chi connectivity index (χ3n) is 5.15. The van der Waals surface area contributed by atoms with Gasteiger partial charge in [0.15, 0.2) is 5.16 Å². The first-order valence-electron chi connectivity index (χ1n) is 9.48. The van der Waals surface area contributed by atoms with E-state index in [2.05, 4.69) is 0 Å². The standard InChI is InChI=1S/C21H21FN2O2S2/c1-3-24-20(26)18-17(13-8-10-14(22)11-9-13)12(2)27-19(18)23-21(24)28-16-7-5-4-6-15(16)25/h8-11,16H,3-7H2,1-2H3/t16-/m1/s1. The van der Waals surface area contributed by atoms with Crippen LogP contribution >= 0.6 is 23.1 Å². The van der Waals surface area contributed by atoms with Gasteiger partial charge in [-0.3, -0.25) is 14.2 Å². The summed E-state index contributed by atoms with van der Waals surface area (Å²) in [5, 5.41) is 1.08. The van der Waals surface area contributed by atoms with Crippen molar-refractivity contribution in [1.82, 2.24) is 9.55 Å². The Morgan fingerprint density at radius 2 is 2.00 bits per heavy atom. The number of carbonyl (C=O) groups excluding carboxylic acids is 1. The van der Waals surface area contributed by atoms with Crippen LogP contribution in [-0.2, 0) is 11.3 Å². The third kappa shape index (κ3) is 3.42. The molecule has 0 N–H and O–H groups in total. The molecule has 1 aromatic carbocycles. The van der Waals surface area contributed by atoms with Gasteiger partial charge in [0.2, 0.25) is 0 Å². The van der Waals surface area contributed by atoms with Crippen molar-refractivity contribution >= 4 is 39.1 Å². The van der Waals surface area contributed by atoms with Gasteiger partial charge >= 0.3 is 0 Å². The highest BCUT2D eigenvalue weighted by Gasteiger charge is 2.26. The Hall–Kier alpha value is -1.99. The molecule has 1 fully saturated rings. The molecule has 0 spiro atoms. The van der Waals surface area contributed by atoms with Gasteiger partial charge in [-0.05, 0) is 44.4 Å². The molecule has 1 aliphatic carbocycles. The van der Waals surface area contributed by atoms with Crippen molar-refractivity contribution in [2.45, 2.75) is 56.5 Å². The summed E-state index contributed by atoms with van der Waals surface area (Å²) in [5.41, 5.74) is 1.54. The van der Waals surface area contributed by atoms with Crippen LogP contribution in [0.3, 0.4) is 0 Å². The van der Waals surface area contributed by atoms with Crippen LogP contribution in [0.2, 0.25) is 0 Å². The summed E-state index contributed by atoms with van der Waals surface area (Å²) in [4.78, 5) is 32.0. The molecule has 0 saturated heterocycles. The van der Waals surface area contributed by atoms with Crippen molar-refractivity contribution in [3.63, 3.8) is 0 Å². The van der Waals surface area contributed by atoms with Crippen molar-refractivity contribution in [3.05, 3.63) is 45.3 Å². The molecule has 0 unspecified atom stereocenters. The number of aryl methyl sites for hydroxylation is 1. The van der Waals surface area contributed by atoms with E-state index in [4.69, 9.17) is 4.98 Å². The number of Topliss-reactive ketones (excluding diaryl/α,β-unsaturated/α-hetero) is 1. The topological polar surface area (TPSA) is 52.0 Å². The van der Waals surface area contributed by atoms with Crippen LogP contribution in [0.4, 0.5) is 4.39 Å². The van der Waals surface area contributed by atoms with E-state index in [-0.39, 0.29) is 22.4 Å². The second-order valence-electron chi connectivity index (χ2n) is 6.98. The summed E-state index contributed by atoms with van der Waals surface area (Å²) in [6, 6.07) is 6.21. The van der Waals surface area contributed by atoms with E-state index >= 15 is 0 Å². The Bertz CT molecular complexity index is 1100. The van der Waals surface area contributed by atoms with Gasteiger partial charge < -0.3 is 0 Å². The first-order valence-corrected chi connectivity index (χ1v) is 11.2. The highest BCUT2D eigenvalue weighted by Crippen LogP contribution is 2.38. The predicted octanol–water partition coefficient (Wildman–Crippen LogP) is 5.20. The lowest BCUT2D eigenvalue weighted by molar-refractivity contribution is -0.119. The van der Waals surface area contributed by atoms with Gasteiger partial charge in [-0.2, -0.15) is 0 Å². The van der Waals surface area contributed by atoms with Gasteiger partial charge in [0.05, 0.1) is 10.6 Å². The van der Waals surface area contributed by atoms with Gasteiger partial charge in [-0.1, -0.05) is 30.3 Å². The number of carbonyl (C=O) groups is 1. The number of halogens is 1. The average Bonchev–Trinajstić information content (AvgIpc) is 3.01. The maximum Gasteiger partial charge on any atom is 0.263 e. The van der Waals surface area contributed by atoms with Crippen molar-refractivity contribution in [1.29, 1.82) is 0 Å². The fourth-order valence-electron chi connectivity index (χ4n) is 3.71. The Morgan fingerprint density at radius 1 is 1.25 bits per heavy atom. The number of nitrogens with zero attached hydrogens (tertiary/aromatic N) is 2. The molecule has 4 rings (SSSR count). The average molecular weight is 417 g/mol. The second kappa shape index (κ2) is 7.79. The summed E-state index contributed by atoms with van der Waals surface area (Å²) in [7, 11) is 0. The van der Waals surface area contributed by atoms with Crippen molar-refractivity contribution in [2.75, 3.05) is 0 Å². The number of benzene rings is 1. The highest BCUT2D eigenvalue weighted by molar-refractivity contribution is 8.00. The molecule has 3 aromatic rings. The molecule has 0 bridgehead atoms. The van der Waals surface area contributed by atoms with Gasteiger partial charge in [-0.25, -0.2) is 9.37 Å². The fraction of sp³-hybridized carbons (Fsp3) is 0.381. The number of thiophene rings is 1. The van der Waals surface area contributed by atoms with E-state index in [1.807, 2.05) is 13.8 Å². The Labute approximate surface area is 170 Å². The Balaban J connectivity index is 1.85. The summed E-state index contributed by atoms with van der Waals surface area (Å²) < 4.78 is 15.0. The smallest absolute Gasteiger partial charge is 0.263 e. The van der Waals surface area contributed by atoms with E-state index in [1.165, 1.54) is 35.2 Å². The fourth-order valence-corrected chi connectivity index (χ4v) is 6.08. The van der Waals surface area contributed by atoms with Crippen molar-refractivity contribution in [2.24, 2.45) is 0 Å². The van der Waals surface area contributed by atoms with Crippen LogP contribution in [-0.4, -0.2) is 20.6 Å². The zero-order valence-corrected chi connectivity index (χ0v) is 17.5. The molecule has 1 atom stereocenters. The zero-order valence-electron chi connectivity index (χ0n) is 15.8. The maximum absolute atomic E-state index is 13.3. The number of thioether (sulfide) groups is 1. The lowest BCUT2D eigenvalue weighted by Gasteiger charge is -2.20. The predicted molar refractivity (Wildman–Crippen MR) is 113 cm³/mol. The molecule has 28 heavy (non-hydrogen) atoms. The first kappa shape index (κ1) is 19.3. The van der Waals surface area contributed by atoms with E-state index in [0.717, 1.165) is 35.3 Å². The molecule has 0 radical (unpaired) electrons. The van der Waals surface area contributed by atoms with Crippen LogP contribution in [0.25, 0.3) is 21.3 Å². The van der Waals surface area contributed by atoms with Crippen LogP contribution in [0.5, 0.6) is 0 Å². The number of ketones is 1. The molecule has 7 heteroatoms. The Morgan fingerprint density at radius 3 is 2.68 bits per heavy atom. The molecule has 2 aromatic heterocycles. The second-order valence-corrected chi connectivity index (χ2v) is 9.36. The minimum Gasteiger partial charge on any atom is -0.298 e. The maximum atomic E-state index is 13.3. The van der Waals surface area contributed by atoms with Crippen molar-refractivity contribution < 1.29 is 9.18 Å². The molecular formula is C21H21FN2O2S2. The SMILES string of the molecule is CCn1c(S[C@@H]2CCCCC2=O)nc2sc(C)c(-c3ccc(F)cc3)c2c1=O. The van der Waals surface area contributed by atoms with Gasteiger partial charge in [0, 0.05) is 23.4 Å². The zero-order chi connectivity index (χ0) is 19.8. The molecule has 1 aliphatic rings. The lowest BCUT2D eigenvalue weighted by Crippen LogP contribution is -2.26. The van der Waals surface area contributed by atoms with E-state index in [0.29, 0.717) is 28.3 Å². The quantitative estimate of drug-likeness (QED) is 0.549. The number of rotatable bonds is 4. The largest absolute Gasteiger partial charge is 0.298 e. The van der Waals surface area contributed by atoms with Crippen LogP contribution < -0.4 is 5.56 Å². The molecular weight excluding hydrogens is 395 g/mol. The third-order valence-corrected chi connectivity index (χ3v) is 7.45. The van der Waals surface area contributed by atoms with E-state index in [9.17, 15) is 14.0 Å². The summed E-state index contributed by atoms with van der Waals surface area (Å²) >= 11 is 2.90. The molecule has 146 valence electrons. The van der Waals surface area contributed by atoms with E-state index in [1.54, 1.807) is 16.7 Å². The number of fused-ring (bicyclic) bond motifs is 1. The molecule has 1 saturated carbocycles. The number of hydrogen-bond acceptors (Lipinski definition) is 5. The molecule has 0 aliphatic heterocycles. The molecule has 2 heterocycles. The van der Waals surface area contributed by atoms with Gasteiger partial charge in [-0.15, -0.1) is 11.3 Å². The van der Waals surface area contributed by atoms with Gasteiger partial charge in [0.25, 0.3) is 5.56 Å². The first-order chi connectivity index (χ1) is 13.5. The summed E-state index contributed by atoms with van der Waals surface area (Å²) in [6.07, 6.45) is 3.44. The monoisotopic (exact) mass is 416 g/mol. The van der Waals surface area contributed by atoms with Crippen LogP contribution in [0, 0.1) is 12.7 Å². The number of hydrogen-bond donors (Lipinski definition) is 0. The normalized spacial score (nSPS) is 17.4. The van der Waals surface area contributed by atoms with Crippen LogP contribution in [0.1, 0.15) is 37.5 Å².